The summed E-state index contributed by atoms with van der Waals surface area (Å²) < 4.78 is 24.1. The molecule has 104 valence electrons. The number of rotatable bonds is 5. The summed E-state index contributed by atoms with van der Waals surface area (Å²) in [4.78, 5) is 0.283. The van der Waals surface area contributed by atoms with Crippen molar-refractivity contribution in [3.8, 4) is 6.07 Å². The van der Waals surface area contributed by atoms with Gasteiger partial charge in [0.2, 0.25) is 0 Å². The van der Waals surface area contributed by atoms with Crippen LogP contribution in [0.5, 0.6) is 0 Å². The number of nitriles is 1. The Labute approximate surface area is 117 Å². The Hall–Kier alpha value is -1.52. The molecule has 19 heavy (non-hydrogen) atoms. The minimum absolute atomic E-state index is 0.0455. The van der Waals surface area contributed by atoms with Crippen molar-refractivity contribution < 1.29 is 8.42 Å². The van der Waals surface area contributed by atoms with Crippen molar-refractivity contribution in [3.05, 3.63) is 16.5 Å². The van der Waals surface area contributed by atoms with Gasteiger partial charge in [0.1, 0.15) is 20.8 Å². The van der Waals surface area contributed by atoms with Crippen molar-refractivity contribution in [1.29, 1.82) is 5.26 Å². The second kappa shape index (κ2) is 6.08. The Morgan fingerprint density at radius 2 is 2.16 bits per heavy atom. The summed E-state index contributed by atoms with van der Waals surface area (Å²) in [5.74, 6) is -0.0455. The molecule has 0 fully saturated rings. The first kappa shape index (κ1) is 15.5. The molecular formula is C12H17N3O2S2. The van der Waals surface area contributed by atoms with Gasteiger partial charge in [-0.15, -0.1) is 11.3 Å². The van der Waals surface area contributed by atoms with Gasteiger partial charge in [0.15, 0.2) is 9.84 Å². The van der Waals surface area contributed by atoms with Crippen molar-refractivity contribution in [1.82, 2.24) is 0 Å². The highest BCUT2D eigenvalue weighted by Crippen LogP contribution is 2.39. The molecule has 0 saturated heterocycles. The Kier molecular flexibility index (Phi) is 4.97. The molecule has 1 aromatic heterocycles. The number of hydrogen-bond donors (Lipinski definition) is 2. The van der Waals surface area contributed by atoms with Crippen LogP contribution in [0.2, 0.25) is 0 Å². The molecule has 0 atom stereocenters. The summed E-state index contributed by atoms with van der Waals surface area (Å²) in [6, 6.07) is 1.93. The average molecular weight is 299 g/mol. The second-order valence-electron chi connectivity index (χ2n) is 4.18. The molecule has 0 spiro atoms. The van der Waals surface area contributed by atoms with E-state index >= 15 is 0 Å². The van der Waals surface area contributed by atoms with Gasteiger partial charge in [-0.2, -0.15) is 5.26 Å². The summed E-state index contributed by atoms with van der Waals surface area (Å²) >= 11 is 1.07. The maximum atomic E-state index is 12.0. The van der Waals surface area contributed by atoms with Crippen LogP contribution in [-0.4, -0.2) is 20.7 Å². The van der Waals surface area contributed by atoms with Crippen LogP contribution in [0, 0.1) is 11.3 Å². The SMILES string of the molecule is CCS(=O)(=O)c1c(NCC=C(C)C)sc(C#N)c1N. The topological polar surface area (TPSA) is 96.0 Å². The largest absolute Gasteiger partial charge is 0.396 e. The molecule has 1 aromatic rings. The van der Waals surface area contributed by atoms with Gasteiger partial charge in [-0.05, 0) is 13.8 Å². The van der Waals surface area contributed by atoms with Crippen molar-refractivity contribution in [2.75, 3.05) is 23.3 Å². The van der Waals surface area contributed by atoms with Crippen molar-refractivity contribution in [3.63, 3.8) is 0 Å². The first-order valence-electron chi connectivity index (χ1n) is 5.75. The number of allylic oxidation sites excluding steroid dienone is 1. The summed E-state index contributed by atoms with van der Waals surface area (Å²) in [7, 11) is -3.45. The van der Waals surface area contributed by atoms with E-state index in [1.165, 1.54) is 0 Å². The molecule has 0 aliphatic rings. The molecule has 0 amide bonds. The van der Waals surface area contributed by atoms with E-state index in [0.717, 1.165) is 16.9 Å². The van der Waals surface area contributed by atoms with Gasteiger partial charge in [-0.3, -0.25) is 0 Å². The average Bonchev–Trinajstić information content (AvgIpc) is 2.66. The van der Waals surface area contributed by atoms with Gasteiger partial charge in [0.05, 0.1) is 11.4 Å². The normalized spacial score (nSPS) is 10.8. The van der Waals surface area contributed by atoms with Gasteiger partial charge in [0, 0.05) is 6.54 Å². The molecular weight excluding hydrogens is 282 g/mol. The third-order valence-electron chi connectivity index (χ3n) is 2.47. The summed E-state index contributed by atoms with van der Waals surface area (Å²) in [6.45, 7) is 5.96. The van der Waals surface area contributed by atoms with E-state index in [1.54, 1.807) is 6.92 Å². The summed E-state index contributed by atoms with van der Waals surface area (Å²) in [6.07, 6.45) is 1.93. The lowest BCUT2D eigenvalue weighted by Gasteiger charge is -2.06. The van der Waals surface area contributed by atoms with Crippen molar-refractivity contribution in [2.45, 2.75) is 25.7 Å². The van der Waals surface area contributed by atoms with Crippen molar-refractivity contribution in [2.24, 2.45) is 0 Å². The molecule has 1 heterocycles. The summed E-state index contributed by atoms with van der Waals surface area (Å²) in [5.41, 5.74) is 6.93. The number of hydrogen-bond acceptors (Lipinski definition) is 6. The number of nitrogen functional groups attached to an aromatic ring is 1. The molecule has 0 aromatic carbocycles. The fraction of sp³-hybridized carbons (Fsp3) is 0.417. The molecule has 3 N–H and O–H groups in total. The number of anilines is 2. The van der Waals surface area contributed by atoms with Crippen LogP contribution >= 0.6 is 11.3 Å². The van der Waals surface area contributed by atoms with Crippen LogP contribution in [-0.2, 0) is 9.84 Å². The van der Waals surface area contributed by atoms with E-state index in [4.69, 9.17) is 11.0 Å². The Bertz CT molecular complexity index is 633. The fourth-order valence-electron chi connectivity index (χ4n) is 1.43. The smallest absolute Gasteiger partial charge is 0.183 e. The van der Waals surface area contributed by atoms with Gasteiger partial charge >= 0.3 is 0 Å². The van der Waals surface area contributed by atoms with Gasteiger partial charge in [-0.25, -0.2) is 8.42 Å². The lowest BCUT2D eigenvalue weighted by molar-refractivity contribution is 0.598. The standard InChI is InChI=1S/C12H17N3O2S2/c1-4-19(16,17)11-10(14)9(7-13)18-12(11)15-6-5-8(2)3/h5,15H,4,6,14H2,1-3H3. The molecule has 0 bridgehead atoms. The summed E-state index contributed by atoms with van der Waals surface area (Å²) in [5, 5.41) is 12.4. The van der Waals surface area contributed by atoms with Crippen LogP contribution in [0.4, 0.5) is 10.7 Å². The molecule has 0 saturated carbocycles. The van der Waals surface area contributed by atoms with Crippen LogP contribution in [0.15, 0.2) is 16.5 Å². The number of sulfone groups is 1. The fourth-order valence-corrected chi connectivity index (χ4v) is 3.90. The quantitative estimate of drug-likeness (QED) is 0.814. The lowest BCUT2D eigenvalue weighted by Crippen LogP contribution is -2.09. The molecule has 0 unspecified atom stereocenters. The van der Waals surface area contributed by atoms with Gasteiger partial charge < -0.3 is 11.1 Å². The first-order chi connectivity index (χ1) is 8.83. The predicted molar refractivity (Wildman–Crippen MR) is 79.1 cm³/mol. The van der Waals surface area contributed by atoms with Crippen LogP contribution in [0.1, 0.15) is 25.6 Å². The maximum absolute atomic E-state index is 12.0. The minimum atomic E-state index is -3.45. The van der Waals surface area contributed by atoms with Crippen LogP contribution in [0.25, 0.3) is 0 Å². The number of nitrogens with one attached hydrogen (secondary N) is 1. The van der Waals surface area contributed by atoms with E-state index in [-0.39, 0.29) is 21.2 Å². The van der Waals surface area contributed by atoms with Crippen LogP contribution in [0.3, 0.4) is 0 Å². The zero-order valence-corrected chi connectivity index (χ0v) is 12.8. The Morgan fingerprint density at radius 3 is 2.63 bits per heavy atom. The van der Waals surface area contributed by atoms with E-state index in [0.29, 0.717) is 11.5 Å². The molecule has 7 heteroatoms. The lowest BCUT2D eigenvalue weighted by atomic mass is 10.3. The number of nitrogens with zero attached hydrogens (tertiary/aromatic N) is 1. The molecule has 0 radical (unpaired) electrons. The maximum Gasteiger partial charge on any atom is 0.183 e. The molecule has 1 rings (SSSR count). The van der Waals surface area contributed by atoms with Gasteiger partial charge in [0.25, 0.3) is 0 Å². The van der Waals surface area contributed by atoms with E-state index in [1.807, 2.05) is 26.0 Å². The minimum Gasteiger partial charge on any atom is -0.396 e. The third-order valence-corrected chi connectivity index (χ3v) is 5.47. The highest BCUT2D eigenvalue weighted by molar-refractivity contribution is 7.91. The molecule has 0 aliphatic carbocycles. The van der Waals surface area contributed by atoms with E-state index < -0.39 is 9.84 Å². The first-order valence-corrected chi connectivity index (χ1v) is 8.22. The third kappa shape index (κ3) is 3.49. The van der Waals surface area contributed by atoms with E-state index in [2.05, 4.69) is 5.32 Å². The number of thiophene rings is 1. The van der Waals surface area contributed by atoms with Crippen LogP contribution < -0.4 is 11.1 Å². The highest BCUT2D eigenvalue weighted by Gasteiger charge is 2.25. The van der Waals surface area contributed by atoms with E-state index in [9.17, 15) is 8.42 Å². The van der Waals surface area contributed by atoms with Gasteiger partial charge in [-0.1, -0.05) is 18.6 Å². The zero-order valence-electron chi connectivity index (χ0n) is 11.1. The second-order valence-corrected chi connectivity index (χ2v) is 7.42. The monoisotopic (exact) mass is 299 g/mol. The Morgan fingerprint density at radius 1 is 1.53 bits per heavy atom. The number of nitrogens with two attached hydrogens (primary N) is 1. The Balaban J connectivity index is 3.25. The predicted octanol–water partition coefficient (Wildman–Crippen LogP) is 2.37. The molecule has 5 nitrogen and oxygen atoms in total. The highest BCUT2D eigenvalue weighted by atomic mass is 32.2. The zero-order chi connectivity index (χ0) is 14.6. The molecule has 0 aliphatic heterocycles. The van der Waals surface area contributed by atoms with Crippen molar-refractivity contribution >= 4 is 31.9 Å².